The number of hydrogen-bond donors (Lipinski definition) is 1. The number of hydrogen-bond acceptors (Lipinski definition) is 5. The minimum atomic E-state index is -3.77. The summed E-state index contributed by atoms with van der Waals surface area (Å²) in [5, 5.41) is 4.80. The van der Waals surface area contributed by atoms with Gasteiger partial charge >= 0.3 is 0 Å². The second kappa shape index (κ2) is 7.75. The van der Waals surface area contributed by atoms with Crippen LogP contribution in [0.1, 0.15) is 12.0 Å². The van der Waals surface area contributed by atoms with E-state index in [1.807, 2.05) is 36.4 Å². The fourth-order valence-corrected chi connectivity index (χ4v) is 2.29. The molecule has 0 aliphatic rings. The van der Waals surface area contributed by atoms with Gasteiger partial charge in [-0.05, 0) is 36.2 Å². The van der Waals surface area contributed by atoms with Crippen molar-refractivity contribution in [2.75, 3.05) is 13.7 Å². The van der Waals surface area contributed by atoms with Crippen LogP contribution in [0, 0.1) is 0 Å². The summed E-state index contributed by atoms with van der Waals surface area (Å²) in [5.41, 5.74) is 1.04. The summed E-state index contributed by atoms with van der Waals surface area (Å²) in [7, 11) is -2.14. The van der Waals surface area contributed by atoms with Gasteiger partial charge in [0.1, 0.15) is 11.5 Å². The minimum Gasteiger partial charge on any atom is -0.497 e. The van der Waals surface area contributed by atoms with Crippen molar-refractivity contribution < 1.29 is 17.9 Å². The third-order valence-electron chi connectivity index (χ3n) is 2.96. The maximum absolute atomic E-state index is 11.1. The highest BCUT2D eigenvalue weighted by molar-refractivity contribution is 7.89. The fraction of sp³-hybridized carbons (Fsp3) is 0.188. The quantitative estimate of drug-likeness (QED) is 0.784. The average molecular weight is 334 g/mol. The van der Waals surface area contributed by atoms with Crippen molar-refractivity contribution in [3.05, 3.63) is 54.2 Å². The molecule has 0 saturated carbocycles. The predicted octanol–water partition coefficient (Wildman–Crippen LogP) is 2.22. The van der Waals surface area contributed by atoms with E-state index in [0.29, 0.717) is 18.8 Å². The number of methoxy groups -OCH3 is 1. The van der Waals surface area contributed by atoms with Crippen LogP contribution >= 0.6 is 0 Å². The number of aromatic nitrogens is 1. The zero-order valence-electron chi connectivity index (χ0n) is 12.7. The Hall–Kier alpha value is -2.38. The van der Waals surface area contributed by atoms with Crippen LogP contribution in [0.4, 0.5) is 0 Å². The number of sulfonamides is 1. The zero-order chi connectivity index (χ0) is 16.7. The molecule has 2 N–H and O–H groups in total. The Morgan fingerprint density at radius 2 is 2.04 bits per heavy atom. The lowest BCUT2D eigenvalue weighted by Gasteiger charge is -2.04. The van der Waals surface area contributed by atoms with Gasteiger partial charge in [-0.25, -0.2) is 18.5 Å². The maximum atomic E-state index is 11.1. The fourth-order valence-electron chi connectivity index (χ4n) is 1.83. The summed E-state index contributed by atoms with van der Waals surface area (Å²) < 4.78 is 32.8. The third-order valence-corrected chi connectivity index (χ3v) is 3.78. The van der Waals surface area contributed by atoms with Gasteiger partial charge in [0.25, 0.3) is 10.0 Å². The molecule has 7 heteroatoms. The van der Waals surface area contributed by atoms with Gasteiger partial charge < -0.3 is 9.47 Å². The molecule has 0 aliphatic heterocycles. The van der Waals surface area contributed by atoms with Gasteiger partial charge in [-0.3, -0.25) is 0 Å². The first-order chi connectivity index (χ1) is 11.0. The second-order valence-corrected chi connectivity index (χ2v) is 6.20. The first-order valence-corrected chi connectivity index (χ1v) is 8.46. The average Bonchev–Trinajstić information content (AvgIpc) is 2.54. The van der Waals surface area contributed by atoms with Gasteiger partial charge in [-0.2, -0.15) is 0 Å². The Labute approximate surface area is 135 Å². The minimum absolute atomic E-state index is 0.178. The molecule has 0 fully saturated rings. The molecule has 0 radical (unpaired) electrons. The zero-order valence-corrected chi connectivity index (χ0v) is 13.5. The second-order valence-electron chi connectivity index (χ2n) is 4.69. The lowest BCUT2D eigenvalue weighted by Crippen LogP contribution is -2.13. The van der Waals surface area contributed by atoms with Crippen molar-refractivity contribution in [2.24, 2.45) is 5.14 Å². The molecule has 2 aromatic rings. The van der Waals surface area contributed by atoms with E-state index in [2.05, 4.69) is 4.98 Å². The van der Waals surface area contributed by atoms with E-state index < -0.39 is 10.0 Å². The van der Waals surface area contributed by atoms with Gasteiger partial charge in [-0.15, -0.1) is 0 Å². The van der Waals surface area contributed by atoms with Crippen molar-refractivity contribution in [1.82, 2.24) is 4.98 Å². The monoisotopic (exact) mass is 334 g/mol. The van der Waals surface area contributed by atoms with Gasteiger partial charge in [0.05, 0.1) is 19.9 Å². The van der Waals surface area contributed by atoms with Crippen molar-refractivity contribution in [3.63, 3.8) is 0 Å². The van der Waals surface area contributed by atoms with Crippen molar-refractivity contribution in [1.29, 1.82) is 0 Å². The molecule has 2 rings (SSSR count). The topological polar surface area (TPSA) is 91.5 Å². The SMILES string of the molecule is COc1cccc(/C=C/CCOc2ccc(S(N)(=O)=O)nc2)c1. The predicted molar refractivity (Wildman–Crippen MR) is 87.8 cm³/mol. The van der Waals surface area contributed by atoms with Gasteiger partial charge in [-0.1, -0.05) is 24.3 Å². The highest BCUT2D eigenvalue weighted by atomic mass is 32.2. The van der Waals surface area contributed by atoms with E-state index in [-0.39, 0.29) is 5.03 Å². The Morgan fingerprint density at radius 3 is 2.70 bits per heavy atom. The Balaban J connectivity index is 1.82. The molecule has 0 bridgehead atoms. The van der Waals surface area contributed by atoms with Crippen LogP contribution in [0.3, 0.4) is 0 Å². The highest BCUT2D eigenvalue weighted by Gasteiger charge is 2.08. The Kier molecular flexibility index (Phi) is 5.72. The number of pyridine rings is 1. The molecule has 23 heavy (non-hydrogen) atoms. The van der Waals surface area contributed by atoms with E-state index in [1.54, 1.807) is 7.11 Å². The van der Waals surface area contributed by atoms with E-state index in [4.69, 9.17) is 14.6 Å². The Bertz CT molecular complexity index is 771. The summed E-state index contributed by atoms with van der Waals surface area (Å²) >= 11 is 0. The van der Waals surface area contributed by atoms with E-state index in [9.17, 15) is 8.42 Å². The Morgan fingerprint density at radius 1 is 1.22 bits per heavy atom. The molecular formula is C16H18N2O4S. The van der Waals surface area contributed by atoms with Crippen LogP contribution in [0.25, 0.3) is 6.08 Å². The molecule has 122 valence electrons. The van der Waals surface area contributed by atoms with Crippen LogP contribution in [0.15, 0.2) is 53.7 Å². The third kappa shape index (κ3) is 5.39. The van der Waals surface area contributed by atoms with Crippen LogP contribution in [0.5, 0.6) is 11.5 Å². The van der Waals surface area contributed by atoms with Crippen molar-refractivity contribution in [2.45, 2.75) is 11.4 Å². The van der Waals surface area contributed by atoms with E-state index >= 15 is 0 Å². The number of benzene rings is 1. The molecule has 0 saturated heterocycles. The van der Waals surface area contributed by atoms with E-state index in [1.165, 1.54) is 18.3 Å². The molecule has 0 amide bonds. The van der Waals surface area contributed by atoms with Gasteiger partial charge in [0.2, 0.25) is 0 Å². The van der Waals surface area contributed by atoms with Crippen LogP contribution < -0.4 is 14.6 Å². The summed E-state index contributed by atoms with van der Waals surface area (Å²) in [4.78, 5) is 3.75. The molecular weight excluding hydrogens is 316 g/mol. The summed E-state index contributed by atoms with van der Waals surface area (Å²) in [6.07, 6.45) is 6.01. The normalized spacial score (nSPS) is 11.6. The first kappa shape index (κ1) is 17.0. The van der Waals surface area contributed by atoms with Crippen LogP contribution in [-0.4, -0.2) is 27.1 Å². The van der Waals surface area contributed by atoms with E-state index in [0.717, 1.165) is 11.3 Å². The molecule has 1 aromatic carbocycles. The lowest BCUT2D eigenvalue weighted by molar-refractivity contribution is 0.323. The maximum Gasteiger partial charge on any atom is 0.255 e. The molecule has 1 aromatic heterocycles. The van der Waals surface area contributed by atoms with Gasteiger partial charge in [0, 0.05) is 0 Å². The number of nitrogens with two attached hydrogens (primary N) is 1. The summed E-state index contributed by atoms with van der Waals surface area (Å²) in [6.45, 7) is 0.455. The number of nitrogens with zero attached hydrogens (tertiary/aromatic N) is 1. The van der Waals surface area contributed by atoms with Crippen LogP contribution in [-0.2, 0) is 10.0 Å². The largest absolute Gasteiger partial charge is 0.497 e. The van der Waals surface area contributed by atoms with Crippen molar-refractivity contribution >= 4 is 16.1 Å². The molecule has 0 atom stereocenters. The van der Waals surface area contributed by atoms with Gasteiger partial charge in [0.15, 0.2) is 5.03 Å². The van der Waals surface area contributed by atoms with Crippen LogP contribution in [0.2, 0.25) is 0 Å². The molecule has 0 unspecified atom stereocenters. The summed E-state index contributed by atoms with van der Waals surface area (Å²) in [6, 6.07) is 10.6. The highest BCUT2D eigenvalue weighted by Crippen LogP contribution is 2.14. The molecule has 1 heterocycles. The molecule has 6 nitrogen and oxygen atoms in total. The summed E-state index contributed by atoms with van der Waals surface area (Å²) in [5.74, 6) is 1.30. The number of ether oxygens (including phenoxy) is 2. The number of rotatable bonds is 7. The number of primary sulfonamides is 1. The smallest absolute Gasteiger partial charge is 0.255 e. The lowest BCUT2D eigenvalue weighted by atomic mass is 10.2. The first-order valence-electron chi connectivity index (χ1n) is 6.91. The standard InChI is InChI=1S/C16H18N2O4S/c1-21-14-7-4-6-13(11-14)5-2-3-10-22-15-8-9-16(18-12-15)23(17,19)20/h2,4-9,11-12H,3,10H2,1H3,(H2,17,19,20)/b5-2+. The molecule has 0 aliphatic carbocycles. The molecule has 0 spiro atoms. The van der Waals surface area contributed by atoms with Crippen molar-refractivity contribution in [3.8, 4) is 11.5 Å².